The van der Waals surface area contributed by atoms with Crippen molar-refractivity contribution in [2.75, 3.05) is 6.54 Å². The molecule has 0 bridgehead atoms. The quantitative estimate of drug-likeness (QED) is 0.506. The van der Waals surface area contributed by atoms with E-state index in [1.807, 2.05) is 19.9 Å². The number of rotatable bonds is 3. The van der Waals surface area contributed by atoms with Crippen LogP contribution in [0.25, 0.3) is 0 Å². The number of hydrogen-bond acceptors (Lipinski definition) is 3. The highest BCUT2D eigenvalue weighted by atomic mass is 16.2. The summed E-state index contributed by atoms with van der Waals surface area (Å²) in [5.41, 5.74) is 1.21. The van der Waals surface area contributed by atoms with Gasteiger partial charge in [-0.25, -0.2) is 0 Å². The molecule has 0 radical (unpaired) electrons. The second-order valence-electron chi connectivity index (χ2n) is 3.69. The van der Waals surface area contributed by atoms with E-state index >= 15 is 0 Å². The third-order valence-electron chi connectivity index (χ3n) is 2.11. The topological polar surface area (TPSA) is 58.2 Å². The largest absolute Gasteiger partial charge is 0.302 e. The monoisotopic (exact) mass is 196 g/mol. The van der Waals surface area contributed by atoms with Crippen LogP contribution >= 0.6 is 0 Å². The van der Waals surface area contributed by atoms with Gasteiger partial charge in [0.05, 0.1) is 6.04 Å². The number of nitrogens with one attached hydrogen (secondary N) is 2. The average molecular weight is 196 g/mol. The van der Waals surface area contributed by atoms with Crippen molar-refractivity contribution in [3.8, 4) is 0 Å². The molecule has 1 heterocycles. The number of piperidine rings is 1. The molecule has 0 aromatic rings. The van der Waals surface area contributed by atoms with Crippen LogP contribution in [0.15, 0.2) is 11.6 Å². The van der Waals surface area contributed by atoms with E-state index in [9.17, 15) is 9.59 Å². The summed E-state index contributed by atoms with van der Waals surface area (Å²) in [5, 5.41) is 5.39. The van der Waals surface area contributed by atoms with Crippen molar-refractivity contribution >= 4 is 11.8 Å². The zero-order valence-corrected chi connectivity index (χ0v) is 8.59. The number of hydrogen-bond donors (Lipinski definition) is 2. The number of imide groups is 1. The molecule has 4 nitrogen and oxygen atoms in total. The van der Waals surface area contributed by atoms with Crippen molar-refractivity contribution in [1.29, 1.82) is 0 Å². The zero-order valence-electron chi connectivity index (χ0n) is 8.59. The molecule has 2 N–H and O–H groups in total. The number of amides is 2. The fraction of sp³-hybridized carbons (Fsp3) is 0.600. The van der Waals surface area contributed by atoms with E-state index in [1.165, 1.54) is 5.57 Å². The lowest BCUT2D eigenvalue weighted by Crippen LogP contribution is -2.50. The second kappa shape index (κ2) is 4.91. The maximum atomic E-state index is 11.3. The molecular formula is C10H16N2O2. The molecule has 1 aliphatic heterocycles. The van der Waals surface area contributed by atoms with Gasteiger partial charge in [0.15, 0.2) is 0 Å². The average Bonchev–Trinajstić information content (AvgIpc) is 2.08. The molecule has 78 valence electrons. The van der Waals surface area contributed by atoms with E-state index in [1.54, 1.807) is 0 Å². The van der Waals surface area contributed by atoms with E-state index in [2.05, 4.69) is 10.6 Å². The third kappa shape index (κ3) is 3.30. The summed E-state index contributed by atoms with van der Waals surface area (Å²) in [6.45, 7) is 4.69. The molecule has 1 atom stereocenters. The lowest BCUT2D eigenvalue weighted by atomic mass is 10.1. The highest BCUT2D eigenvalue weighted by Crippen LogP contribution is 2.03. The summed E-state index contributed by atoms with van der Waals surface area (Å²) < 4.78 is 0. The van der Waals surface area contributed by atoms with Gasteiger partial charge >= 0.3 is 0 Å². The Morgan fingerprint density at radius 1 is 1.57 bits per heavy atom. The fourth-order valence-electron chi connectivity index (χ4n) is 1.29. The highest BCUT2D eigenvalue weighted by Gasteiger charge is 2.25. The Balaban J connectivity index is 2.35. The molecule has 1 fully saturated rings. The van der Waals surface area contributed by atoms with Crippen LogP contribution in [0.3, 0.4) is 0 Å². The highest BCUT2D eigenvalue weighted by molar-refractivity contribution is 6.00. The van der Waals surface area contributed by atoms with Crippen molar-refractivity contribution in [3.05, 3.63) is 11.6 Å². The Labute approximate surface area is 83.8 Å². The standard InChI is InChI=1S/C10H16N2O2/c1-7(2)5-6-11-8-3-4-9(13)12-10(8)14/h5,8,11H,3-4,6H2,1-2H3,(H,12,13,14). The molecule has 0 aromatic heterocycles. The van der Waals surface area contributed by atoms with Crippen molar-refractivity contribution in [2.45, 2.75) is 32.7 Å². The predicted octanol–water partition coefficient (Wildman–Crippen LogP) is 0.347. The third-order valence-corrected chi connectivity index (χ3v) is 2.11. The molecule has 1 unspecified atom stereocenters. The van der Waals surface area contributed by atoms with Crippen LogP contribution in [0.2, 0.25) is 0 Å². The molecular weight excluding hydrogens is 180 g/mol. The van der Waals surface area contributed by atoms with E-state index in [0.717, 1.165) is 0 Å². The van der Waals surface area contributed by atoms with Gasteiger partial charge in [0.2, 0.25) is 11.8 Å². The molecule has 2 amide bonds. The van der Waals surface area contributed by atoms with Gasteiger partial charge in [-0.1, -0.05) is 11.6 Å². The van der Waals surface area contributed by atoms with Crippen LogP contribution < -0.4 is 10.6 Å². The van der Waals surface area contributed by atoms with Gasteiger partial charge in [-0.2, -0.15) is 0 Å². The maximum Gasteiger partial charge on any atom is 0.243 e. The van der Waals surface area contributed by atoms with E-state index in [0.29, 0.717) is 19.4 Å². The maximum absolute atomic E-state index is 11.3. The molecule has 0 saturated carbocycles. The van der Waals surface area contributed by atoms with Gasteiger partial charge < -0.3 is 5.32 Å². The summed E-state index contributed by atoms with van der Waals surface area (Å²) in [4.78, 5) is 22.1. The van der Waals surface area contributed by atoms with Gasteiger partial charge in [0.1, 0.15) is 0 Å². The fourth-order valence-corrected chi connectivity index (χ4v) is 1.29. The zero-order chi connectivity index (χ0) is 10.6. The Hall–Kier alpha value is -1.16. The van der Waals surface area contributed by atoms with E-state index in [4.69, 9.17) is 0 Å². The number of carbonyl (C=O) groups is 2. The Bertz CT molecular complexity index is 267. The Morgan fingerprint density at radius 3 is 2.86 bits per heavy atom. The minimum absolute atomic E-state index is 0.171. The number of carbonyl (C=O) groups excluding carboxylic acids is 2. The van der Waals surface area contributed by atoms with Crippen LogP contribution in [-0.2, 0) is 9.59 Å². The molecule has 1 saturated heterocycles. The van der Waals surface area contributed by atoms with Crippen molar-refractivity contribution in [1.82, 2.24) is 10.6 Å². The summed E-state index contributed by atoms with van der Waals surface area (Å²) in [7, 11) is 0. The molecule has 0 aliphatic carbocycles. The van der Waals surface area contributed by atoms with Crippen molar-refractivity contribution < 1.29 is 9.59 Å². The summed E-state index contributed by atoms with van der Waals surface area (Å²) in [6.07, 6.45) is 3.04. The summed E-state index contributed by atoms with van der Waals surface area (Å²) in [6, 6.07) is -0.219. The normalized spacial score (nSPS) is 21.7. The van der Waals surface area contributed by atoms with Gasteiger partial charge in [0.25, 0.3) is 0 Å². The lowest BCUT2D eigenvalue weighted by molar-refractivity contribution is -0.134. The minimum atomic E-state index is -0.219. The van der Waals surface area contributed by atoms with Crippen LogP contribution in [-0.4, -0.2) is 24.4 Å². The molecule has 0 aromatic carbocycles. The van der Waals surface area contributed by atoms with Crippen molar-refractivity contribution in [2.24, 2.45) is 0 Å². The molecule has 4 heteroatoms. The van der Waals surface area contributed by atoms with Crippen LogP contribution in [0, 0.1) is 0 Å². The van der Waals surface area contributed by atoms with Crippen LogP contribution in [0.5, 0.6) is 0 Å². The number of allylic oxidation sites excluding steroid dienone is 1. The van der Waals surface area contributed by atoms with Gasteiger partial charge in [0, 0.05) is 13.0 Å². The summed E-state index contributed by atoms with van der Waals surface area (Å²) >= 11 is 0. The van der Waals surface area contributed by atoms with Gasteiger partial charge in [-0.15, -0.1) is 0 Å². The SMILES string of the molecule is CC(C)=CCNC1CCC(=O)NC1=O. The molecule has 14 heavy (non-hydrogen) atoms. The first-order valence-corrected chi connectivity index (χ1v) is 4.80. The summed E-state index contributed by atoms with van der Waals surface area (Å²) in [5.74, 6) is -0.376. The van der Waals surface area contributed by atoms with Crippen LogP contribution in [0.1, 0.15) is 26.7 Å². The Morgan fingerprint density at radius 2 is 2.29 bits per heavy atom. The van der Waals surface area contributed by atoms with E-state index < -0.39 is 0 Å². The van der Waals surface area contributed by atoms with E-state index in [-0.39, 0.29) is 17.9 Å². The van der Waals surface area contributed by atoms with Crippen molar-refractivity contribution in [3.63, 3.8) is 0 Å². The smallest absolute Gasteiger partial charge is 0.243 e. The lowest BCUT2D eigenvalue weighted by Gasteiger charge is -2.21. The van der Waals surface area contributed by atoms with Gasteiger partial charge in [-0.05, 0) is 20.3 Å². The minimum Gasteiger partial charge on any atom is -0.302 e. The molecule has 0 spiro atoms. The first kappa shape index (κ1) is 10.9. The second-order valence-corrected chi connectivity index (χ2v) is 3.69. The Kier molecular flexibility index (Phi) is 3.83. The van der Waals surface area contributed by atoms with Crippen LogP contribution in [0.4, 0.5) is 0 Å². The molecule has 1 aliphatic rings. The van der Waals surface area contributed by atoms with Gasteiger partial charge in [-0.3, -0.25) is 14.9 Å². The first-order valence-electron chi connectivity index (χ1n) is 4.80. The predicted molar refractivity (Wildman–Crippen MR) is 53.6 cm³/mol. The first-order chi connectivity index (χ1) is 6.59. The molecule has 1 rings (SSSR count).